The molecule has 0 unspecified atom stereocenters. The van der Waals surface area contributed by atoms with Crippen molar-refractivity contribution >= 4 is 0 Å². The van der Waals surface area contributed by atoms with Gasteiger partial charge in [0.2, 0.25) is 5.89 Å². The van der Waals surface area contributed by atoms with Crippen LogP contribution in [0.4, 0.5) is 0 Å². The molecule has 4 fully saturated rings. The van der Waals surface area contributed by atoms with Crippen molar-refractivity contribution in [3.05, 3.63) is 65.5 Å². The fourth-order valence-electron chi connectivity index (χ4n) is 7.88. The van der Waals surface area contributed by atoms with E-state index in [0.717, 1.165) is 49.0 Å². The summed E-state index contributed by atoms with van der Waals surface area (Å²) < 4.78 is 6.01. The van der Waals surface area contributed by atoms with Gasteiger partial charge in [-0.1, -0.05) is 57.2 Å². The molecule has 5 heteroatoms. The van der Waals surface area contributed by atoms with Crippen molar-refractivity contribution in [2.24, 2.45) is 23.2 Å². The van der Waals surface area contributed by atoms with Crippen molar-refractivity contribution in [2.45, 2.75) is 115 Å². The maximum atomic E-state index is 11.2. The Morgan fingerprint density at radius 3 is 2.71 bits per heavy atom. The molecule has 0 spiro atoms. The van der Waals surface area contributed by atoms with Crippen molar-refractivity contribution in [3.8, 4) is 0 Å². The van der Waals surface area contributed by atoms with Gasteiger partial charge >= 0.3 is 0 Å². The SMILES string of the molecule is C=C1/C(=C/C=C2\CCC[C@]3(C)[C@@H]([C@H](C)/C=C/[C@H](O)C4(c5ncc(CCC)o5)CC4)CC[C@@H]23)C[C@@H](O)C[C@@H]1O. The van der Waals surface area contributed by atoms with Crippen molar-refractivity contribution in [1.82, 2.24) is 4.98 Å². The second-order valence-corrected chi connectivity index (χ2v) is 12.9. The molecule has 38 heavy (non-hydrogen) atoms. The number of aliphatic hydroxyl groups is 3. The van der Waals surface area contributed by atoms with E-state index in [1.54, 1.807) is 0 Å². The Balaban J connectivity index is 1.27. The summed E-state index contributed by atoms with van der Waals surface area (Å²) in [6, 6.07) is 0. The molecule has 1 heterocycles. The molecule has 0 saturated heterocycles. The van der Waals surface area contributed by atoms with Gasteiger partial charge in [-0.05, 0) is 92.1 Å². The number of hydrogen-bond acceptors (Lipinski definition) is 5. The Morgan fingerprint density at radius 2 is 1.97 bits per heavy atom. The van der Waals surface area contributed by atoms with Crippen molar-refractivity contribution < 1.29 is 19.7 Å². The van der Waals surface area contributed by atoms with Crippen LogP contribution in [0.1, 0.15) is 96.6 Å². The van der Waals surface area contributed by atoms with Crippen LogP contribution in [0, 0.1) is 23.2 Å². The van der Waals surface area contributed by atoms with Gasteiger partial charge in [0.15, 0.2) is 0 Å². The number of hydrogen-bond donors (Lipinski definition) is 3. The standard InChI is InChI=1S/C33H47NO4/c1-5-7-26-20-34-31(38-26)33(16-17-33)30(37)14-9-21(2)27-12-13-28-23(8-6-15-32(27,28)4)10-11-24-18-25(35)19-29(36)22(24)3/h9-11,14,20-21,25,27-30,35-37H,3,5-8,12-13,15-19H2,1-2,4H3/b14-9+,23-10+,24-11+/t21-,25-,27-,28+,29+,30+,32-/m1/s1. The van der Waals surface area contributed by atoms with E-state index in [-0.39, 0.29) is 10.8 Å². The van der Waals surface area contributed by atoms with Crippen LogP contribution in [-0.4, -0.2) is 38.6 Å². The first kappa shape index (κ1) is 27.6. The predicted octanol–water partition coefficient (Wildman–Crippen LogP) is 6.35. The van der Waals surface area contributed by atoms with Crippen LogP contribution >= 0.6 is 0 Å². The summed E-state index contributed by atoms with van der Waals surface area (Å²) in [5.41, 5.74) is 3.15. The first-order chi connectivity index (χ1) is 18.2. The molecule has 0 aromatic carbocycles. The summed E-state index contributed by atoms with van der Waals surface area (Å²) in [5, 5.41) is 31.5. The number of aromatic nitrogens is 1. The third-order valence-corrected chi connectivity index (χ3v) is 10.4. The van der Waals surface area contributed by atoms with E-state index in [2.05, 4.69) is 50.6 Å². The molecule has 5 nitrogen and oxygen atoms in total. The van der Waals surface area contributed by atoms with E-state index in [9.17, 15) is 15.3 Å². The van der Waals surface area contributed by atoms with Gasteiger partial charge in [-0.15, -0.1) is 0 Å². The molecule has 4 saturated carbocycles. The van der Waals surface area contributed by atoms with Crippen molar-refractivity contribution in [1.29, 1.82) is 0 Å². The highest BCUT2D eigenvalue weighted by atomic mass is 16.4. The van der Waals surface area contributed by atoms with E-state index < -0.39 is 18.3 Å². The lowest BCUT2D eigenvalue weighted by atomic mass is 9.61. The number of fused-ring (bicyclic) bond motifs is 1. The first-order valence-corrected chi connectivity index (χ1v) is 14.9. The minimum atomic E-state index is -0.643. The van der Waals surface area contributed by atoms with Crippen molar-refractivity contribution in [3.63, 3.8) is 0 Å². The molecule has 1 aromatic rings. The largest absolute Gasteiger partial charge is 0.445 e. The average molecular weight is 522 g/mol. The molecule has 4 aliphatic rings. The molecule has 0 amide bonds. The number of aryl methyl sites for hydroxylation is 1. The van der Waals surface area contributed by atoms with Crippen LogP contribution in [0.2, 0.25) is 0 Å². The summed E-state index contributed by atoms with van der Waals surface area (Å²) in [7, 11) is 0. The number of aliphatic hydroxyl groups excluding tert-OH is 3. The molecular weight excluding hydrogens is 474 g/mol. The zero-order valence-electron chi connectivity index (χ0n) is 23.5. The van der Waals surface area contributed by atoms with Gasteiger partial charge in [0.25, 0.3) is 0 Å². The van der Waals surface area contributed by atoms with Crippen molar-refractivity contribution in [2.75, 3.05) is 0 Å². The Bertz CT molecular complexity index is 1110. The third-order valence-electron chi connectivity index (χ3n) is 10.4. The Hall–Kier alpha value is -1.95. The molecule has 5 rings (SSSR count). The van der Waals surface area contributed by atoms with Gasteiger partial charge in [0.1, 0.15) is 5.76 Å². The lowest BCUT2D eigenvalue weighted by Crippen LogP contribution is -2.35. The van der Waals surface area contributed by atoms with Gasteiger partial charge < -0.3 is 19.7 Å². The van der Waals surface area contributed by atoms with Crippen LogP contribution in [0.25, 0.3) is 0 Å². The van der Waals surface area contributed by atoms with Crippen LogP contribution in [0.15, 0.2) is 58.2 Å². The maximum Gasteiger partial charge on any atom is 0.203 e. The predicted molar refractivity (Wildman–Crippen MR) is 150 cm³/mol. The Kier molecular flexibility index (Phi) is 7.92. The average Bonchev–Trinajstić information content (AvgIpc) is 3.42. The zero-order chi connectivity index (χ0) is 27.1. The van der Waals surface area contributed by atoms with E-state index in [1.165, 1.54) is 31.3 Å². The first-order valence-electron chi connectivity index (χ1n) is 14.9. The van der Waals surface area contributed by atoms with E-state index in [4.69, 9.17) is 4.42 Å². The number of rotatable bonds is 8. The normalized spacial score (nSPS) is 36.6. The van der Waals surface area contributed by atoms with E-state index >= 15 is 0 Å². The molecule has 0 aliphatic heterocycles. The summed E-state index contributed by atoms with van der Waals surface area (Å²) in [6.07, 6.45) is 19.5. The molecule has 1 aromatic heterocycles. The molecule has 0 bridgehead atoms. The highest BCUT2D eigenvalue weighted by Gasteiger charge is 2.54. The number of oxazole rings is 1. The van der Waals surface area contributed by atoms with E-state index in [0.29, 0.717) is 36.5 Å². The monoisotopic (exact) mass is 521 g/mol. The van der Waals surface area contributed by atoms with Gasteiger partial charge in [0, 0.05) is 12.8 Å². The van der Waals surface area contributed by atoms with Crippen LogP contribution in [-0.2, 0) is 11.8 Å². The van der Waals surface area contributed by atoms with Crippen LogP contribution < -0.4 is 0 Å². The molecule has 7 atom stereocenters. The van der Waals surface area contributed by atoms with Crippen LogP contribution in [0.5, 0.6) is 0 Å². The number of allylic oxidation sites excluding steroid dienone is 4. The lowest BCUT2D eigenvalue weighted by molar-refractivity contribution is 0.0862. The summed E-state index contributed by atoms with van der Waals surface area (Å²) in [4.78, 5) is 4.53. The maximum absolute atomic E-state index is 11.2. The fourth-order valence-corrected chi connectivity index (χ4v) is 7.88. The minimum Gasteiger partial charge on any atom is -0.445 e. The van der Waals surface area contributed by atoms with Gasteiger partial charge in [-0.3, -0.25) is 0 Å². The Morgan fingerprint density at radius 1 is 1.18 bits per heavy atom. The molecule has 3 N–H and O–H groups in total. The van der Waals surface area contributed by atoms with Gasteiger partial charge in [0.05, 0.1) is 29.9 Å². The molecular formula is C33H47NO4. The molecule has 208 valence electrons. The lowest BCUT2D eigenvalue weighted by Gasteiger charge is -2.44. The second-order valence-electron chi connectivity index (χ2n) is 12.9. The summed E-state index contributed by atoms with van der Waals surface area (Å²) in [5.74, 6) is 3.14. The second kappa shape index (κ2) is 10.9. The topological polar surface area (TPSA) is 86.7 Å². The Labute approximate surface area is 228 Å². The van der Waals surface area contributed by atoms with Crippen LogP contribution in [0.3, 0.4) is 0 Å². The fraction of sp³-hybridized carbons (Fsp3) is 0.667. The highest BCUT2D eigenvalue weighted by molar-refractivity contribution is 5.38. The van der Waals surface area contributed by atoms with E-state index in [1.807, 2.05) is 12.3 Å². The third kappa shape index (κ3) is 5.14. The number of nitrogens with zero attached hydrogens (tertiary/aromatic N) is 1. The summed E-state index contributed by atoms with van der Waals surface area (Å²) >= 11 is 0. The quantitative estimate of drug-likeness (QED) is 0.347. The highest BCUT2D eigenvalue weighted by Crippen LogP contribution is 2.60. The molecule has 4 aliphatic carbocycles. The zero-order valence-corrected chi connectivity index (χ0v) is 23.5. The molecule has 0 radical (unpaired) electrons. The summed E-state index contributed by atoms with van der Waals surface area (Å²) in [6.45, 7) is 11.0. The van der Waals surface area contributed by atoms with Gasteiger partial charge in [-0.25, -0.2) is 4.98 Å². The smallest absolute Gasteiger partial charge is 0.203 e. The minimum absolute atomic E-state index is 0.245. The van der Waals surface area contributed by atoms with Gasteiger partial charge in [-0.2, -0.15) is 0 Å².